The predicted molar refractivity (Wildman–Crippen MR) is 101 cm³/mol. The van der Waals surface area contributed by atoms with Crippen LogP contribution in [0.2, 0.25) is 0 Å². The number of fused-ring (bicyclic) bond motifs is 1. The van der Waals surface area contributed by atoms with Crippen LogP contribution in [-0.4, -0.2) is 28.2 Å². The summed E-state index contributed by atoms with van der Waals surface area (Å²) in [5.41, 5.74) is 3.00. The Morgan fingerprint density at radius 1 is 1.23 bits per heavy atom. The number of hydrogen-bond donors (Lipinski definition) is 1. The first kappa shape index (κ1) is 16.8. The first-order chi connectivity index (χ1) is 12.7. The quantitative estimate of drug-likeness (QED) is 0.768. The summed E-state index contributed by atoms with van der Waals surface area (Å²) in [6.45, 7) is 0.755. The summed E-state index contributed by atoms with van der Waals surface area (Å²) in [6, 6.07) is 17.7. The Kier molecular flexibility index (Phi) is 4.71. The molecule has 1 amide bonds. The average Bonchev–Trinajstić information content (AvgIpc) is 3.29. The second kappa shape index (κ2) is 7.30. The summed E-state index contributed by atoms with van der Waals surface area (Å²) in [5, 5.41) is 3.18. The molecule has 1 aromatic heterocycles. The molecule has 5 heteroatoms. The van der Waals surface area contributed by atoms with Gasteiger partial charge in [-0.2, -0.15) is 0 Å². The Morgan fingerprint density at radius 2 is 2.00 bits per heavy atom. The average molecular weight is 349 g/mol. The molecule has 1 fully saturated rings. The maximum Gasteiger partial charge on any atom is 0.223 e. The lowest BCUT2D eigenvalue weighted by atomic mass is 10.1. The Morgan fingerprint density at radius 3 is 2.73 bits per heavy atom. The van der Waals surface area contributed by atoms with Gasteiger partial charge >= 0.3 is 0 Å². The molecule has 0 radical (unpaired) electrons. The second-order valence-corrected chi connectivity index (χ2v) is 6.77. The van der Waals surface area contributed by atoms with Gasteiger partial charge < -0.3 is 14.6 Å². The van der Waals surface area contributed by atoms with E-state index in [1.807, 2.05) is 61.6 Å². The fraction of sp³-hybridized carbons (Fsp3) is 0.333. The number of aryl methyl sites for hydroxylation is 1. The highest BCUT2D eigenvalue weighted by molar-refractivity contribution is 5.79. The summed E-state index contributed by atoms with van der Waals surface area (Å²) in [6.07, 6.45) is 2.42. The molecule has 134 valence electrons. The van der Waals surface area contributed by atoms with Crippen LogP contribution in [0.3, 0.4) is 0 Å². The number of carbonyl (C=O) groups is 1. The van der Waals surface area contributed by atoms with Crippen LogP contribution >= 0.6 is 0 Å². The van der Waals surface area contributed by atoms with E-state index in [9.17, 15) is 4.79 Å². The molecule has 1 aliphatic rings. The highest BCUT2D eigenvalue weighted by atomic mass is 16.5. The number of aromatic nitrogens is 2. The Labute approximate surface area is 153 Å². The monoisotopic (exact) mass is 349 g/mol. The molecule has 5 nitrogen and oxygen atoms in total. The fourth-order valence-electron chi connectivity index (χ4n) is 3.60. The molecule has 1 saturated heterocycles. The number of nitrogens with one attached hydrogen (secondary N) is 1. The van der Waals surface area contributed by atoms with Gasteiger partial charge in [0.15, 0.2) is 0 Å². The van der Waals surface area contributed by atoms with Crippen molar-refractivity contribution < 1.29 is 9.53 Å². The van der Waals surface area contributed by atoms with Crippen LogP contribution in [0.5, 0.6) is 0 Å². The number of carbonyl (C=O) groups excluding carboxylic acids is 1. The molecule has 0 saturated carbocycles. The lowest BCUT2D eigenvalue weighted by molar-refractivity contribution is -0.123. The van der Waals surface area contributed by atoms with E-state index in [1.54, 1.807) is 0 Å². The van der Waals surface area contributed by atoms with Crippen molar-refractivity contribution in [3.05, 3.63) is 66.0 Å². The van der Waals surface area contributed by atoms with E-state index in [4.69, 9.17) is 9.72 Å². The van der Waals surface area contributed by atoms with E-state index < -0.39 is 0 Å². The first-order valence-electron chi connectivity index (χ1n) is 9.09. The molecule has 0 aliphatic carbocycles. The predicted octanol–water partition coefficient (Wildman–Crippen LogP) is 3.35. The Balaban J connectivity index is 1.66. The maximum atomic E-state index is 12.7. The number of benzene rings is 2. The minimum Gasteiger partial charge on any atom is -0.378 e. The largest absolute Gasteiger partial charge is 0.378 e. The van der Waals surface area contributed by atoms with Gasteiger partial charge in [0.05, 0.1) is 23.6 Å². The lowest BCUT2D eigenvalue weighted by Crippen LogP contribution is -2.33. The number of imidazole rings is 1. The van der Waals surface area contributed by atoms with Crippen LogP contribution in [0.1, 0.15) is 36.7 Å². The number of rotatable bonds is 5. The van der Waals surface area contributed by atoms with E-state index in [-0.39, 0.29) is 18.1 Å². The zero-order valence-corrected chi connectivity index (χ0v) is 14.9. The van der Waals surface area contributed by atoms with E-state index in [2.05, 4.69) is 9.88 Å². The molecule has 0 spiro atoms. The number of hydrogen-bond acceptors (Lipinski definition) is 3. The van der Waals surface area contributed by atoms with Crippen molar-refractivity contribution in [3.63, 3.8) is 0 Å². The van der Waals surface area contributed by atoms with Crippen molar-refractivity contribution in [1.82, 2.24) is 14.9 Å². The molecule has 1 N–H and O–H groups in total. The summed E-state index contributed by atoms with van der Waals surface area (Å²) in [4.78, 5) is 17.4. The van der Waals surface area contributed by atoms with Gasteiger partial charge in [-0.05, 0) is 30.5 Å². The number of para-hydroxylation sites is 2. The van der Waals surface area contributed by atoms with Crippen LogP contribution in [0.15, 0.2) is 54.6 Å². The molecule has 0 unspecified atom stereocenters. The molecular formula is C21H23N3O2. The summed E-state index contributed by atoms with van der Waals surface area (Å²) in [7, 11) is 1.99. The van der Waals surface area contributed by atoms with Crippen LogP contribution in [0.25, 0.3) is 11.0 Å². The van der Waals surface area contributed by atoms with Crippen molar-refractivity contribution >= 4 is 16.9 Å². The van der Waals surface area contributed by atoms with Gasteiger partial charge in [-0.15, -0.1) is 0 Å². The molecule has 26 heavy (non-hydrogen) atoms. The van der Waals surface area contributed by atoms with Gasteiger partial charge in [-0.3, -0.25) is 4.79 Å². The van der Waals surface area contributed by atoms with Crippen molar-refractivity contribution in [3.8, 4) is 0 Å². The third-order valence-electron chi connectivity index (χ3n) is 4.96. The molecule has 4 rings (SSSR count). The topological polar surface area (TPSA) is 56.2 Å². The van der Waals surface area contributed by atoms with Crippen LogP contribution in [0, 0.1) is 0 Å². The van der Waals surface area contributed by atoms with Gasteiger partial charge in [0, 0.05) is 13.7 Å². The summed E-state index contributed by atoms with van der Waals surface area (Å²) < 4.78 is 7.66. The highest BCUT2D eigenvalue weighted by Crippen LogP contribution is 2.25. The van der Waals surface area contributed by atoms with Gasteiger partial charge in [0.25, 0.3) is 0 Å². The number of amides is 1. The molecule has 2 aromatic carbocycles. The lowest BCUT2D eigenvalue weighted by Gasteiger charge is -2.20. The smallest absolute Gasteiger partial charge is 0.223 e. The van der Waals surface area contributed by atoms with Gasteiger partial charge in [-0.1, -0.05) is 42.5 Å². The van der Waals surface area contributed by atoms with E-state index in [1.165, 1.54) is 0 Å². The molecule has 3 aromatic rings. The number of nitrogens with zero attached hydrogens (tertiary/aromatic N) is 2. The van der Waals surface area contributed by atoms with Crippen molar-refractivity contribution in [2.45, 2.75) is 31.4 Å². The van der Waals surface area contributed by atoms with Crippen LogP contribution < -0.4 is 5.32 Å². The van der Waals surface area contributed by atoms with Crippen molar-refractivity contribution in [1.29, 1.82) is 0 Å². The third-order valence-corrected chi connectivity index (χ3v) is 4.96. The second-order valence-electron chi connectivity index (χ2n) is 6.77. The standard InChI is InChI=1S/C21H23N3O2/c1-24-18-12-6-5-11-17(18)22-21(24)20(15-8-3-2-4-9-15)23-19(25)14-16-10-7-13-26-16/h2-6,8-9,11-12,16,20H,7,10,13-14H2,1H3,(H,23,25)/t16-,20-/m1/s1. The van der Waals surface area contributed by atoms with Crippen LogP contribution in [0.4, 0.5) is 0 Å². The zero-order valence-electron chi connectivity index (χ0n) is 14.9. The summed E-state index contributed by atoms with van der Waals surface area (Å²) in [5.74, 6) is 0.830. The molecule has 1 aliphatic heterocycles. The van der Waals surface area contributed by atoms with Gasteiger partial charge in [-0.25, -0.2) is 4.98 Å². The third kappa shape index (κ3) is 3.35. The SMILES string of the molecule is Cn1c([C@H](NC(=O)C[C@H]2CCCO2)c2ccccc2)nc2ccccc21. The highest BCUT2D eigenvalue weighted by Gasteiger charge is 2.25. The molecule has 2 heterocycles. The normalized spacial score (nSPS) is 18.1. The number of ether oxygens (including phenoxy) is 1. The van der Waals surface area contributed by atoms with Crippen molar-refractivity contribution in [2.24, 2.45) is 7.05 Å². The first-order valence-corrected chi connectivity index (χ1v) is 9.09. The van der Waals surface area contributed by atoms with Gasteiger partial charge in [0.1, 0.15) is 11.9 Å². The molecule has 0 bridgehead atoms. The zero-order chi connectivity index (χ0) is 17.9. The Hall–Kier alpha value is -2.66. The van der Waals surface area contributed by atoms with E-state index >= 15 is 0 Å². The minimum absolute atomic E-state index is 0.00203. The maximum absolute atomic E-state index is 12.7. The van der Waals surface area contributed by atoms with Gasteiger partial charge in [0.2, 0.25) is 5.91 Å². The van der Waals surface area contributed by atoms with Crippen LogP contribution in [-0.2, 0) is 16.6 Å². The molecule has 2 atom stereocenters. The van der Waals surface area contributed by atoms with E-state index in [0.717, 1.165) is 41.9 Å². The molecular weight excluding hydrogens is 326 g/mol. The summed E-state index contributed by atoms with van der Waals surface area (Å²) >= 11 is 0. The van der Waals surface area contributed by atoms with E-state index in [0.29, 0.717) is 6.42 Å². The minimum atomic E-state index is -0.289. The fourth-order valence-corrected chi connectivity index (χ4v) is 3.60. The van der Waals surface area contributed by atoms with Crippen molar-refractivity contribution in [2.75, 3.05) is 6.61 Å². The Bertz CT molecular complexity index is 898.